The number of amides is 2. The summed E-state index contributed by atoms with van der Waals surface area (Å²) in [5.41, 5.74) is 3.70. The number of urea groups is 1. The van der Waals surface area contributed by atoms with E-state index in [-0.39, 0.29) is 12.1 Å². The molecule has 4 rings (SSSR count). The van der Waals surface area contributed by atoms with Gasteiger partial charge in [-0.15, -0.1) is 0 Å². The summed E-state index contributed by atoms with van der Waals surface area (Å²) >= 11 is 0. The molecule has 0 unspecified atom stereocenters. The maximum atomic E-state index is 13.2. The van der Waals surface area contributed by atoms with Crippen LogP contribution in [-0.2, 0) is 0 Å². The van der Waals surface area contributed by atoms with Crippen LogP contribution >= 0.6 is 0 Å². The van der Waals surface area contributed by atoms with Crippen LogP contribution in [0.1, 0.15) is 32.4 Å². The minimum atomic E-state index is -0.248. The van der Waals surface area contributed by atoms with E-state index in [1.54, 1.807) is 23.5 Å². The molecule has 0 aliphatic carbocycles. The van der Waals surface area contributed by atoms with E-state index in [1.165, 1.54) is 6.20 Å². The molecule has 0 aromatic carbocycles. The molecule has 0 saturated carbocycles. The van der Waals surface area contributed by atoms with Gasteiger partial charge in [-0.3, -0.25) is 20.2 Å². The fourth-order valence-corrected chi connectivity index (χ4v) is 3.97. The van der Waals surface area contributed by atoms with Crippen molar-refractivity contribution in [2.24, 2.45) is 4.99 Å². The predicted molar refractivity (Wildman–Crippen MR) is 120 cm³/mol. The number of carbonyl (C=O) groups excluding carboxylic acids is 1. The zero-order chi connectivity index (χ0) is 21.1. The lowest BCUT2D eigenvalue weighted by Crippen LogP contribution is -2.56. The second-order valence-corrected chi connectivity index (χ2v) is 7.66. The van der Waals surface area contributed by atoms with Gasteiger partial charge in [0.25, 0.3) is 0 Å². The van der Waals surface area contributed by atoms with Crippen LogP contribution in [-0.4, -0.2) is 46.8 Å². The first-order chi connectivity index (χ1) is 14.6. The Morgan fingerprint density at radius 2 is 2.20 bits per heavy atom. The third-order valence-electron chi connectivity index (χ3n) is 5.17. The summed E-state index contributed by atoms with van der Waals surface area (Å²) in [4.78, 5) is 34.3. The molecule has 30 heavy (non-hydrogen) atoms. The second-order valence-electron chi connectivity index (χ2n) is 7.66. The molecule has 1 saturated heterocycles. The number of hydrogen-bond acceptors (Lipinski definition) is 6. The standard InChI is InChI=1S/C22H25N7O/c1-15(2)11-16(12-23-3)18-6-7-19-21(26-18)29(17-5-4-10-28(19)14-17)22(30)27-20-13-24-8-9-25-20/h6-9,11-13,17H,3-5,10,14H2,1-2H3,(H,25,27,30)/b16-12+/t17-/m0/s1. The van der Waals surface area contributed by atoms with Crippen molar-refractivity contribution in [1.82, 2.24) is 15.0 Å². The zero-order valence-corrected chi connectivity index (χ0v) is 17.2. The van der Waals surface area contributed by atoms with Gasteiger partial charge in [0, 0.05) is 37.3 Å². The largest absolute Gasteiger partial charge is 0.366 e. The molecule has 4 heterocycles. The van der Waals surface area contributed by atoms with Crippen molar-refractivity contribution in [3.05, 3.63) is 54.3 Å². The number of piperidine rings is 1. The van der Waals surface area contributed by atoms with E-state index < -0.39 is 0 Å². The van der Waals surface area contributed by atoms with Gasteiger partial charge >= 0.3 is 6.03 Å². The molecule has 8 heteroatoms. The number of aliphatic imine (C=N–C) groups is 1. The van der Waals surface area contributed by atoms with Crippen LogP contribution in [0.25, 0.3) is 5.57 Å². The van der Waals surface area contributed by atoms with Gasteiger partial charge in [-0.05, 0) is 45.5 Å². The molecule has 1 atom stereocenters. The Kier molecular flexibility index (Phi) is 5.56. The van der Waals surface area contributed by atoms with Crippen LogP contribution in [0.3, 0.4) is 0 Å². The van der Waals surface area contributed by atoms with Gasteiger partial charge in [0.15, 0.2) is 11.6 Å². The van der Waals surface area contributed by atoms with E-state index in [1.807, 2.05) is 32.1 Å². The molecule has 0 radical (unpaired) electrons. The topological polar surface area (TPSA) is 86.6 Å². The molecule has 0 spiro atoms. The van der Waals surface area contributed by atoms with Gasteiger partial charge in [-0.2, -0.15) is 0 Å². The number of hydrogen-bond donors (Lipinski definition) is 1. The molecule has 2 aliphatic rings. The maximum absolute atomic E-state index is 13.2. The third-order valence-corrected chi connectivity index (χ3v) is 5.17. The summed E-state index contributed by atoms with van der Waals surface area (Å²) in [7, 11) is 0. The number of carbonyl (C=O) groups is 1. The van der Waals surface area contributed by atoms with Crippen LogP contribution in [0, 0.1) is 0 Å². The van der Waals surface area contributed by atoms with Crippen molar-refractivity contribution >= 4 is 35.6 Å². The van der Waals surface area contributed by atoms with Gasteiger partial charge in [-0.1, -0.05) is 11.6 Å². The molecule has 2 bridgehead atoms. The normalized spacial score (nSPS) is 17.8. The predicted octanol–water partition coefficient (Wildman–Crippen LogP) is 3.90. The molecule has 2 aromatic heterocycles. The highest BCUT2D eigenvalue weighted by molar-refractivity contribution is 6.04. The summed E-state index contributed by atoms with van der Waals surface area (Å²) in [6.07, 6.45) is 10.3. The van der Waals surface area contributed by atoms with Crippen molar-refractivity contribution in [1.29, 1.82) is 0 Å². The second kappa shape index (κ2) is 8.44. The number of rotatable bonds is 4. The molecule has 154 valence electrons. The molecular formula is C22H25N7O. The summed E-state index contributed by atoms with van der Waals surface area (Å²) < 4.78 is 0. The first-order valence-corrected chi connectivity index (χ1v) is 10.0. The smallest absolute Gasteiger partial charge is 0.329 e. The van der Waals surface area contributed by atoms with Gasteiger partial charge in [0.2, 0.25) is 0 Å². The number of aromatic nitrogens is 3. The molecule has 2 aromatic rings. The average Bonchev–Trinajstić information content (AvgIpc) is 2.74. The number of anilines is 3. The Morgan fingerprint density at radius 1 is 1.33 bits per heavy atom. The summed E-state index contributed by atoms with van der Waals surface area (Å²) in [6.45, 7) is 9.38. The van der Waals surface area contributed by atoms with Gasteiger partial charge in [0.05, 0.1) is 23.6 Å². The van der Waals surface area contributed by atoms with Crippen LogP contribution in [0.15, 0.2) is 53.6 Å². The van der Waals surface area contributed by atoms with E-state index in [9.17, 15) is 4.79 Å². The molecule has 1 fully saturated rings. The van der Waals surface area contributed by atoms with Gasteiger partial charge in [-0.25, -0.2) is 14.8 Å². The van der Waals surface area contributed by atoms with Crippen molar-refractivity contribution in [3.63, 3.8) is 0 Å². The fraction of sp³-hybridized carbons (Fsp3) is 0.318. The van der Waals surface area contributed by atoms with Crippen molar-refractivity contribution < 1.29 is 4.79 Å². The lowest BCUT2D eigenvalue weighted by Gasteiger charge is -2.45. The Balaban J connectivity index is 1.76. The Labute approximate surface area is 176 Å². The number of nitrogens with one attached hydrogen (secondary N) is 1. The first kappa shape index (κ1) is 19.8. The SMILES string of the molecule is C=N/C=C(\C=C(C)C)c1ccc2c(n1)N(C(=O)Nc1cnccn1)[C@H]1CCCN2C1. The van der Waals surface area contributed by atoms with Crippen LogP contribution in [0.5, 0.6) is 0 Å². The number of nitrogens with zero attached hydrogens (tertiary/aromatic N) is 6. The molecule has 2 amide bonds. The molecular weight excluding hydrogens is 378 g/mol. The Morgan fingerprint density at radius 3 is 2.93 bits per heavy atom. The number of allylic oxidation sites excluding steroid dienone is 3. The van der Waals surface area contributed by atoms with E-state index in [4.69, 9.17) is 4.98 Å². The molecule has 8 nitrogen and oxygen atoms in total. The maximum Gasteiger partial charge on any atom is 0.329 e. The van der Waals surface area contributed by atoms with E-state index in [2.05, 4.69) is 31.9 Å². The minimum absolute atomic E-state index is 0.0547. The highest BCUT2D eigenvalue weighted by Gasteiger charge is 2.38. The average molecular weight is 403 g/mol. The Hall–Kier alpha value is -3.55. The van der Waals surface area contributed by atoms with Crippen LogP contribution < -0.4 is 15.1 Å². The van der Waals surface area contributed by atoms with Crippen molar-refractivity contribution in [2.45, 2.75) is 32.7 Å². The van der Waals surface area contributed by atoms with Crippen LogP contribution in [0.4, 0.5) is 22.1 Å². The first-order valence-electron chi connectivity index (χ1n) is 10.0. The van der Waals surface area contributed by atoms with E-state index >= 15 is 0 Å². The van der Waals surface area contributed by atoms with Crippen molar-refractivity contribution in [2.75, 3.05) is 28.2 Å². The lowest BCUT2D eigenvalue weighted by atomic mass is 9.99. The zero-order valence-electron chi connectivity index (χ0n) is 17.2. The van der Waals surface area contributed by atoms with E-state index in [0.717, 1.165) is 48.5 Å². The minimum Gasteiger partial charge on any atom is -0.366 e. The molecule has 2 aliphatic heterocycles. The van der Waals surface area contributed by atoms with Crippen LogP contribution in [0.2, 0.25) is 0 Å². The van der Waals surface area contributed by atoms with E-state index in [0.29, 0.717) is 11.6 Å². The van der Waals surface area contributed by atoms with Gasteiger partial charge in [0.1, 0.15) is 0 Å². The number of pyridine rings is 1. The van der Waals surface area contributed by atoms with Crippen molar-refractivity contribution in [3.8, 4) is 0 Å². The highest BCUT2D eigenvalue weighted by atomic mass is 16.2. The monoisotopic (exact) mass is 403 g/mol. The fourth-order valence-electron chi connectivity index (χ4n) is 3.97. The Bertz CT molecular complexity index is 1010. The summed E-state index contributed by atoms with van der Waals surface area (Å²) in [5.74, 6) is 1.07. The summed E-state index contributed by atoms with van der Waals surface area (Å²) in [5, 5.41) is 2.86. The quantitative estimate of drug-likeness (QED) is 0.618. The summed E-state index contributed by atoms with van der Waals surface area (Å²) in [6, 6.07) is 3.82. The number of fused-ring (bicyclic) bond motifs is 4. The molecule has 1 N–H and O–H groups in total. The van der Waals surface area contributed by atoms with Gasteiger partial charge < -0.3 is 4.90 Å². The third kappa shape index (κ3) is 3.94. The lowest BCUT2D eigenvalue weighted by molar-refractivity contribution is 0.252. The highest BCUT2D eigenvalue weighted by Crippen LogP contribution is 2.39.